The van der Waals surface area contributed by atoms with Gasteiger partial charge in [-0.3, -0.25) is 0 Å². The number of pyridine rings is 1. The molecule has 0 aliphatic heterocycles. The van der Waals surface area contributed by atoms with E-state index in [0.717, 1.165) is 49.8 Å². The minimum Gasteiger partial charge on any atom is -0.316 e. The number of urea groups is 1. The van der Waals surface area contributed by atoms with Gasteiger partial charge in [0.05, 0.1) is 11.0 Å². The van der Waals surface area contributed by atoms with Gasteiger partial charge in [-0.15, -0.1) is 4.36 Å². The highest BCUT2D eigenvalue weighted by Gasteiger charge is 2.25. The molecular weight excluding hydrogens is 377 g/mol. The average Bonchev–Trinajstić information content (AvgIpc) is 3.30. The van der Waals surface area contributed by atoms with E-state index in [-0.39, 0.29) is 10.9 Å². The molecule has 2 amide bonds. The van der Waals surface area contributed by atoms with Gasteiger partial charge in [-0.05, 0) is 78.3 Å². The molecule has 4 rings (SSSR count). The molecule has 0 saturated carbocycles. The van der Waals surface area contributed by atoms with Crippen LogP contribution in [0, 0.1) is 5.82 Å². The van der Waals surface area contributed by atoms with Crippen LogP contribution < -0.4 is 5.32 Å². The van der Waals surface area contributed by atoms with Crippen LogP contribution in [0.4, 0.5) is 14.9 Å². The Morgan fingerprint density at radius 3 is 2.39 bits per heavy atom. The number of aromatic nitrogens is 1. The number of rotatable bonds is 3. The molecule has 5 nitrogen and oxygen atoms in total. The third-order valence-corrected chi connectivity index (χ3v) is 6.53. The number of carbonyl (C=O) groups excluding carboxylic acids is 1. The van der Waals surface area contributed by atoms with Crippen LogP contribution in [0.2, 0.25) is 0 Å². The first kappa shape index (κ1) is 19.2. The molecule has 1 unspecified atom stereocenters. The SMILES string of the molecule is CC(C)c1cnc(S(O)=NC(=O)Nc2c3c(cc4c2CCC4)CCC3)c(F)c1. The van der Waals surface area contributed by atoms with Crippen LogP contribution in [-0.4, -0.2) is 15.6 Å². The topological polar surface area (TPSA) is 74.6 Å². The number of nitrogens with one attached hydrogen (secondary N) is 1. The van der Waals surface area contributed by atoms with Gasteiger partial charge in [0.1, 0.15) is 0 Å². The first-order valence-electron chi connectivity index (χ1n) is 9.72. The van der Waals surface area contributed by atoms with E-state index >= 15 is 0 Å². The largest absolute Gasteiger partial charge is 0.353 e. The fraction of sp³-hybridized carbons (Fsp3) is 0.429. The van der Waals surface area contributed by atoms with E-state index < -0.39 is 22.8 Å². The average molecular weight is 402 g/mol. The lowest BCUT2D eigenvalue weighted by Gasteiger charge is -2.15. The molecule has 0 spiro atoms. The summed E-state index contributed by atoms with van der Waals surface area (Å²) in [4.78, 5) is 16.5. The zero-order chi connectivity index (χ0) is 19.8. The Bertz CT molecular complexity index is 956. The summed E-state index contributed by atoms with van der Waals surface area (Å²) in [6, 6.07) is 2.96. The number of hydrogen-bond acceptors (Lipinski definition) is 2. The number of halogens is 1. The van der Waals surface area contributed by atoms with Gasteiger partial charge in [0.15, 0.2) is 10.8 Å². The highest BCUT2D eigenvalue weighted by molar-refractivity contribution is 7.81. The first-order valence-corrected chi connectivity index (χ1v) is 10.9. The van der Waals surface area contributed by atoms with Crippen molar-refractivity contribution in [2.24, 2.45) is 4.36 Å². The van der Waals surface area contributed by atoms with Crippen molar-refractivity contribution in [2.75, 3.05) is 5.32 Å². The Hall–Kier alpha value is -2.12. The van der Waals surface area contributed by atoms with E-state index in [1.165, 1.54) is 34.5 Å². The maximum atomic E-state index is 14.3. The van der Waals surface area contributed by atoms with Crippen molar-refractivity contribution in [1.29, 1.82) is 0 Å². The second kappa shape index (κ2) is 7.72. The minimum atomic E-state index is -1.94. The van der Waals surface area contributed by atoms with Crippen LogP contribution in [0.1, 0.15) is 60.4 Å². The van der Waals surface area contributed by atoms with Gasteiger partial charge in [-0.2, -0.15) is 0 Å². The normalized spacial score (nSPS) is 16.3. The zero-order valence-electron chi connectivity index (χ0n) is 16.1. The molecule has 2 aliphatic carbocycles. The predicted molar refractivity (Wildman–Crippen MR) is 108 cm³/mol. The van der Waals surface area contributed by atoms with Crippen molar-refractivity contribution >= 4 is 22.7 Å². The maximum Gasteiger partial charge on any atom is 0.353 e. The molecule has 1 aromatic heterocycles. The smallest absolute Gasteiger partial charge is 0.316 e. The van der Waals surface area contributed by atoms with Crippen molar-refractivity contribution < 1.29 is 13.7 Å². The van der Waals surface area contributed by atoms with E-state index in [1.54, 1.807) is 0 Å². The number of amides is 2. The lowest BCUT2D eigenvalue weighted by Crippen LogP contribution is -2.13. The van der Waals surface area contributed by atoms with Crippen molar-refractivity contribution in [3.05, 3.63) is 52.0 Å². The van der Waals surface area contributed by atoms with Gasteiger partial charge in [0.2, 0.25) is 0 Å². The summed E-state index contributed by atoms with van der Waals surface area (Å²) in [5, 5.41) is 2.68. The Balaban J connectivity index is 1.60. The summed E-state index contributed by atoms with van der Waals surface area (Å²) in [5.74, 6) is -0.519. The number of aryl methyl sites for hydroxylation is 2. The Morgan fingerprint density at radius 2 is 1.82 bits per heavy atom. The third-order valence-electron chi connectivity index (χ3n) is 5.54. The number of nitrogens with zero attached hydrogens (tertiary/aromatic N) is 2. The summed E-state index contributed by atoms with van der Waals surface area (Å²) >= 11 is 0. The molecule has 0 radical (unpaired) electrons. The highest BCUT2D eigenvalue weighted by Crippen LogP contribution is 2.38. The van der Waals surface area contributed by atoms with Crippen molar-refractivity contribution in [3.8, 4) is 0 Å². The standard InChI is InChI=1S/C21H24FN3O2S/c1-12(2)15-10-18(22)20(23-11-15)28(27)25-21(26)24-19-16-7-3-5-13(16)9-14-6-4-8-17(14)19/h9-12H,3-8H2,1-2H3,(H2,24,25,26,27). The lowest BCUT2D eigenvalue weighted by atomic mass is 9.99. The van der Waals surface area contributed by atoms with E-state index in [2.05, 4.69) is 20.7 Å². The van der Waals surface area contributed by atoms with Crippen LogP contribution >= 0.6 is 0 Å². The Morgan fingerprint density at radius 1 is 1.18 bits per heavy atom. The Labute approximate surface area is 166 Å². The molecule has 1 aromatic carbocycles. The van der Waals surface area contributed by atoms with Crippen LogP contribution in [-0.2, 0) is 36.7 Å². The van der Waals surface area contributed by atoms with E-state index in [1.807, 2.05) is 13.8 Å². The number of anilines is 1. The quantitative estimate of drug-likeness (QED) is 0.743. The van der Waals surface area contributed by atoms with Gasteiger partial charge in [0, 0.05) is 11.9 Å². The fourth-order valence-electron chi connectivity index (χ4n) is 4.11. The van der Waals surface area contributed by atoms with E-state index in [0.29, 0.717) is 0 Å². The van der Waals surface area contributed by atoms with Crippen molar-refractivity contribution in [2.45, 2.75) is 63.3 Å². The van der Waals surface area contributed by atoms with Gasteiger partial charge < -0.3 is 9.87 Å². The van der Waals surface area contributed by atoms with Gasteiger partial charge in [0.25, 0.3) is 0 Å². The Kier molecular flexibility index (Phi) is 5.29. The van der Waals surface area contributed by atoms with Gasteiger partial charge >= 0.3 is 6.03 Å². The number of hydrogen-bond donors (Lipinski definition) is 2. The third kappa shape index (κ3) is 3.61. The highest BCUT2D eigenvalue weighted by atomic mass is 32.2. The molecule has 0 bridgehead atoms. The second-order valence-electron chi connectivity index (χ2n) is 7.73. The molecule has 0 fully saturated rings. The molecule has 1 atom stereocenters. The summed E-state index contributed by atoms with van der Waals surface area (Å²) in [5.41, 5.74) is 6.57. The molecule has 7 heteroatoms. The van der Waals surface area contributed by atoms with Crippen LogP contribution in [0.3, 0.4) is 0 Å². The van der Waals surface area contributed by atoms with Crippen molar-refractivity contribution in [1.82, 2.24) is 4.98 Å². The second-order valence-corrected chi connectivity index (χ2v) is 8.83. The summed E-state index contributed by atoms with van der Waals surface area (Å²) in [6.45, 7) is 3.87. The maximum absolute atomic E-state index is 14.3. The molecule has 28 heavy (non-hydrogen) atoms. The first-order chi connectivity index (χ1) is 13.4. The predicted octanol–water partition coefficient (Wildman–Crippen LogP) is 5.19. The lowest BCUT2D eigenvalue weighted by molar-refractivity contribution is 0.260. The van der Waals surface area contributed by atoms with Gasteiger partial charge in [-0.25, -0.2) is 14.2 Å². The summed E-state index contributed by atoms with van der Waals surface area (Å²) in [7, 11) is -1.94. The van der Waals surface area contributed by atoms with Crippen molar-refractivity contribution in [3.63, 3.8) is 0 Å². The number of benzene rings is 1. The van der Waals surface area contributed by atoms with Crippen LogP contribution in [0.5, 0.6) is 0 Å². The van der Waals surface area contributed by atoms with E-state index in [9.17, 15) is 13.7 Å². The minimum absolute atomic E-state index is 0.124. The molecule has 0 saturated heterocycles. The number of fused-ring (bicyclic) bond motifs is 2. The molecule has 148 valence electrons. The number of carbonyl (C=O) groups is 1. The zero-order valence-corrected chi connectivity index (χ0v) is 16.9. The van der Waals surface area contributed by atoms with Gasteiger partial charge in [-0.1, -0.05) is 19.9 Å². The van der Waals surface area contributed by atoms with Crippen LogP contribution in [0.15, 0.2) is 27.7 Å². The molecule has 1 heterocycles. The van der Waals surface area contributed by atoms with E-state index in [4.69, 9.17) is 0 Å². The molecule has 2 N–H and O–H groups in total. The monoisotopic (exact) mass is 401 g/mol. The van der Waals surface area contributed by atoms with Crippen LogP contribution in [0.25, 0.3) is 0 Å². The molecular formula is C21H24FN3O2S. The fourth-order valence-corrected chi connectivity index (χ4v) is 4.78. The summed E-state index contributed by atoms with van der Waals surface area (Å²) < 4.78 is 28.3. The molecule has 2 aromatic rings. The summed E-state index contributed by atoms with van der Waals surface area (Å²) in [6.07, 6.45) is 7.63. The molecule has 2 aliphatic rings.